The number of nitrogens with two attached hydrogens (primary N) is 1. The third-order valence-electron chi connectivity index (χ3n) is 6.15. The second-order valence-corrected chi connectivity index (χ2v) is 11.3. The van der Waals surface area contributed by atoms with Gasteiger partial charge in [0.25, 0.3) is 11.7 Å². The lowest BCUT2D eigenvalue weighted by molar-refractivity contribution is -0.132. The summed E-state index contributed by atoms with van der Waals surface area (Å²) in [6.07, 6.45) is 0. The van der Waals surface area contributed by atoms with E-state index in [0.717, 1.165) is 5.56 Å². The second-order valence-electron chi connectivity index (χ2n) is 8.79. The van der Waals surface area contributed by atoms with Crippen LogP contribution in [0.2, 0.25) is 0 Å². The third kappa shape index (κ3) is 4.43. The smallest absolute Gasteiger partial charge is 0.300 e. The van der Waals surface area contributed by atoms with Gasteiger partial charge in [-0.15, -0.1) is 11.3 Å². The van der Waals surface area contributed by atoms with Gasteiger partial charge in [0.05, 0.1) is 17.6 Å². The molecule has 36 heavy (non-hydrogen) atoms. The lowest BCUT2D eigenvalue weighted by atomic mass is 9.92. The molecule has 3 N–H and O–H groups in total. The van der Waals surface area contributed by atoms with E-state index in [1.165, 1.54) is 40.5 Å². The molecule has 1 aliphatic heterocycles. The number of rotatable bonds is 6. The highest BCUT2D eigenvalue weighted by Crippen LogP contribution is 2.44. The molecule has 1 fully saturated rings. The molecule has 1 aliphatic rings. The van der Waals surface area contributed by atoms with E-state index < -0.39 is 27.8 Å². The number of carbonyl (C=O) groups excluding carboxylic acids is 2. The molecule has 1 saturated heterocycles. The highest BCUT2D eigenvalue weighted by Gasteiger charge is 2.47. The number of hydrogen-bond donors (Lipinski definition) is 2. The molecule has 0 spiro atoms. The maximum atomic E-state index is 13.3. The first-order valence-corrected chi connectivity index (χ1v) is 13.5. The van der Waals surface area contributed by atoms with Crippen LogP contribution in [-0.4, -0.2) is 32.3 Å². The molecule has 188 valence electrons. The SMILES string of the molecule is COc1cc(C)c(/C(O)=C2\C(=O)C(=O)N(c3ccc(S(N)(=O)=O)cc3)C2c2cccs2)cc1C(C)C. The van der Waals surface area contributed by atoms with Crippen LogP contribution < -0.4 is 14.8 Å². The number of nitrogens with zero attached hydrogens (tertiary/aromatic N) is 1. The van der Waals surface area contributed by atoms with Crippen molar-refractivity contribution in [3.63, 3.8) is 0 Å². The number of methoxy groups -OCH3 is 1. The van der Waals surface area contributed by atoms with Gasteiger partial charge in [0.15, 0.2) is 0 Å². The summed E-state index contributed by atoms with van der Waals surface area (Å²) in [6.45, 7) is 5.78. The average molecular weight is 527 g/mol. The lowest BCUT2D eigenvalue weighted by Gasteiger charge is -2.24. The summed E-state index contributed by atoms with van der Waals surface area (Å²) < 4.78 is 28.9. The standard InChI is InChI=1S/C26H26N2O6S2/c1-14(2)18-13-19(15(3)12-20(18)34-4)24(29)22-23(21-6-5-11-35-21)28(26(31)25(22)30)16-7-9-17(10-8-16)36(27,32)33/h5-14,23,29H,1-4H3,(H2,27,32,33)/b24-22+. The summed E-state index contributed by atoms with van der Waals surface area (Å²) in [5, 5.41) is 18.5. The summed E-state index contributed by atoms with van der Waals surface area (Å²) >= 11 is 1.34. The van der Waals surface area contributed by atoms with Gasteiger partial charge in [0.1, 0.15) is 17.6 Å². The second kappa shape index (κ2) is 9.53. The fraction of sp³-hybridized carbons (Fsp3) is 0.231. The largest absolute Gasteiger partial charge is 0.507 e. The van der Waals surface area contributed by atoms with Crippen molar-refractivity contribution in [1.29, 1.82) is 0 Å². The predicted octanol–water partition coefficient (Wildman–Crippen LogP) is 4.46. The maximum absolute atomic E-state index is 13.3. The number of aliphatic hydroxyl groups is 1. The first kappa shape index (κ1) is 25.6. The number of thiophene rings is 1. The summed E-state index contributed by atoms with van der Waals surface area (Å²) in [6, 6.07) is 11.6. The van der Waals surface area contributed by atoms with Crippen molar-refractivity contribution in [2.24, 2.45) is 5.14 Å². The number of aryl methyl sites for hydroxylation is 1. The Bertz CT molecular complexity index is 1470. The van der Waals surface area contributed by atoms with Crippen LogP contribution in [0.15, 0.2) is 64.4 Å². The van der Waals surface area contributed by atoms with Crippen LogP contribution in [0.25, 0.3) is 5.76 Å². The van der Waals surface area contributed by atoms with Crippen molar-refractivity contribution < 1.29 is 27.9 Å². The topological polar surface area (TPSA) is 127 Å². The molecule has 1 unspecified atom stereocenters. The summed E-state index contributed by atoms with van der Waals surface area (Å²) in [5.41, 5.74) is 2.23. The van der Waals surface area contributed by atoms with Crippen LogP contribution >= 0.6 is 11.3 Å². The number of sulfonamides is 1. The molecule has 1 atom stereocenters. The van der Waals surface area contributed by atoms with Crippen LogP contribution in [0.5, 0.6) is 5.75 Å². The number of benzene rings is 2. The minimum atomic E-state index is -3.93. The Kier molecular flexibility index (Phi) is 6.78. The fourth-order valence-corrected chi connectivity index (χ4v) is 5.68. The van der Waals surface area contributed by atoms with Gasteiger partial charge in [-0.25, -0.2) is 13.6 Å². The molecule has 3 aromatic rings. The zero-order valence-electron chi connectivity index (χ0n) is 20.2. The normalized spacial score (nSPS) is 17.7. The number of aliphatic hydroxyl groups excluding tert-OH is 1. The van der Waals surface area contributed by atoms with Crippen LogP contribution in [0.1, 0.15) is 47.4 Å². The molecule has 4 rings (SSSR count). The van der Waals surface area contributed by atoms with Gasteiger partial charge in [-0.05, 0) is 71.8 Å². The highest BCUT2D eigenvalue weighted by molar-refractivity contribution is 7.89. The monoisotopic (exact) mass is 526 g/mol. The Labute approximate surface area is 213 Å². The van der Waals surface area contributed by atoms with Crippen molar-refractivity contribution in [1.82, 2.24) is 0 Å². The number of Topliss-reactive ketones (excluding diaryl/α,β-unsaturated/α-hetero) is 1. The van der Waals surface area contributed by atoms with Crippen LogP contribution in [0.3, 0.4) is 0 Å². The van der Waals surface area contributed by atoms with Gasteiger partial charge in [0, 0.05) is 16.1 Å². The number of amides is 1. The van der Waals surface area contributed by atoms with E-state index in [1.807, 2.05) is 19.2 Å². The number of anilines is 1. The zero-order valence-corrected chi connectivity index (χ0v) is 21.8. The number of ether oxygens (including phenoxy) is 1. The van der Waals surface area contributed by atoms with Gasteiger partial charge in [-0.1, -0.05) is 19.9 Å². The van der Waals surface area contributed by atoms with Gasteiger partial charge in [-0.3, -0.25) is 14.5 Å². The van der Waals surface area contributed by atoms with E-state index in [4.69, 9.17) is 9.88 Å². The molecule has 1 aromatic heterocycles. The molecule has 0 saturated carbocycles. The highest BCUT2D eigenvalue weighted by atomic mass is 32.2. The summed E-state index contributed by atoms with van der Waals surface area (Å²) in [7, 11) is -2.36. The Morgan fingerprint density at radius 2 is 1.81 bits per heavy atom. The van der Waals surface area contributed by atoms with E-state index in [1.54, 1.807) is 38.3 Å². The van der Waals surface area contributed by atoms with Gasteiger partial charge >= 0.3 is 0 Å². The molecular weight excluding hydrogens is 500 g/mol. The Morgan fingerprint density at radius 3 is 2.33 bits per heavy atom. The van der Waals surface area contributed by atoms with Crippen LogP contribution in [0.4, 0.5) is 5.69 Å². The number of carbonyl (C=O) groups is 2. The molecular formula is C26H26N2O6S2. The van der Waals surface area contributed by atoms with E-state index in [2.05, 4.69) is 0 Å². The van der Waals surface area contributed by atoms with Crippen molar-refractivity contribution in [2.75, 3.05) is 12.0 Å². The molecule has 10 heteroatoms. The summed E-state index contributed by atoms with van der Waals surface area (Å²) in [4.78, 5) is 28.4. The third-order valence-corrected chi connectivity index (χ3v) is 8.01. The molecule has 1 amide bonds. The van der Waals surface area contributed by atoms with Gasteiger partial charge < -0.3 is 9.84 Å². The maximum Gasteiger partial charge on any atom is 0.300 e. The Morgan fingerprint density at radius 1 is 1.14 bits per heavy atom. The first-order valence-electron chi connectivity index (χ1n) is 11.1. The van der Waals surface area contributed by atoms with E-state index >= 15 is 0 Å². The van der Waals surface area contributed by atoms with E-state index in [-0.39, 0.29) is 22.1 Å². The molecule has 0 radical (unpaired) electrons. The number of primary sulfonamides is 1. The van der Waals surface area contributed by atoms with Crippen LogP contribution in [0, 0.1) is 6.92 Å². The molecule has 0 aliphatic carbocycles. The Balaban J connectivity index is 1.93. The van der Waals surface area contributed by atoms with Crippen molar-refractivity contribution in [2.45, 2.75) is 37.6 Å². The minimum absolute atomic E-state index is 0.0408. The zero-order chi connectivity index (χ0) is 26.4. The Hall–Kier alpha value is -3.47. The van der Waals surface area contributed by atoms with Crippen LogP contribution in [-0.2, 0) is 19.6 Å². The lowest BCUT2D eigenvalue weighted by Crippen LogP contribution is -2.29. The average Bonchev–Trinajstić information content (AvgIpc) is 3.44. The van der Waals surface area contributed by atoms with E-state index in [0.29, 0.717) is 27.4 Å². The minimum Gasteiger partial charge on any atom is -0.507 e. The quantitative estimate of drug-likeness (QED) is 0.277. The predicted molar refractivity (Wildman–Crippen MR) is 139 cm³/mol. The van der Waals surface area contributed by atoms with Crippen molar-refractivity contribution in [3.05, 3.63) is 81.1 Å². The van der Waals surface area contributed by atoms with Gasteiger partial charge in [0.2, 0.25) is 10.0 Å². The van der Waals surface area contributed by atoms with E-state index in [9.17, 15) is 23.1 Å². The summed E-state index contributed by atoms with van der Waals surface area (Å²) in [5.74, 6) is -1.18. The number of hydrogen-bond acceptors (Lipinski definition) is 7. The molecule has 2 aromatic carbocycles. The molecule has 0 bridgehead atoms. The first-order chi connectivity index (χ1) is 17.0. The van der Waals surface area contributed by atoms with Crippen molar-refractivity contribution in [3.8, 4) is 5.75 Å². The molecule has 8 nitrogen and oxygen atoms in total. The van der Waals surface area contributed by atoms with Gasteiger partial charge in [-0.2, -0.15) is 0 Å². The molecule has 2 heterocycles. The van der Waals surface area contributed by atoms with Crippen molar-refractivity contribution >= 4 is 44.5 Å². The number of ketones is 1. The fourth-order valence-electron chi connectivity index (χ4n) is 4.34.